The van der Waals surface area contributed by atoms with Gasteiger partial charge >= 0.3 is 5.97 Å². The summed E-state index contributed by atoms with van der Waals surface area (Å²) in [5.74, 6) is -0.509. The number of halogens is 1. The van der Waals surface area contributed by atoms with Crippen LogP contribution in [0.15, 0.2) is 69.0 Å². The Morgan fingerprint density at radius 3 is 2.67 bits per heavy atom. The van der Waals surface area contributed by atoms with Gasteiger partial charge in [-0.15, -0.1) is 0 Å². The van der Waals surface area contributed by atoms with Gasteiger partial charge in [0.1, 0.15) is 11.3 Å². The molecule has 4 rings (SSSR count). The molecule has 1 amide bonds. The number of anilines is 2. The molecular formula is C20H14ClNO4S. The second-order valence-corrected chi connectivity index (χ2v) is 7.40. The van der Waals surface area contributed by atoms with Gasteiger partial charge in [0.15, 0.2) is 6.61 Å². The lowest BCUT2D eigenvalue weighted by atomic mass is 10.2. The molecule has 0 N–H and O–H groups in total. The summed E-state index contributed by atoms with van der Waals surface area (Å²) in [5.41, 5.74) is 1.71. The first-order valence-electron chi connectivity index (χ1n) is 8.15. The average Bonchev–Trinajstić information content (AvgIpc) is 3.10. The first-order valence-corrected chi connectivity index (χ1v) is 9.34. The van der Waals surface area contributed by atoms with E-state index in [1.54, 1.807) is 35.7 Å². The lowest BCUT2D eigenvalue weighted by molar-refractivity contribution is -0.121. The van der Waals surface area contributed by atoms with Crippen LogP contribution in [-0.4, -0.2) is 18.5 Å². The molecule has 2 aromatic carbocycles. The molecule has 0 bridgehead atoms. The molecule has 0 spiro atoms. The molecule has 1 aliphatic heterocycles. The van der Waals surface area contributed by atoms with Gasteiger partial charge in [0.05, 0.1) is 17.6 Å². The number of carbonyl (C=O) groups is 2. The maximum atomic E-state index is 13.0. The number of hydrogen-bond acceptors (Lipinski definition) is 5. The van der Waals surface area contributed by atoms with E-state index in [0.29, 0.717) is 22.0 Å². The van der Waals surface area contributed by atoms with E-state index in [1.165, 1.54) is 12.3 Å². The predicted molar refractivity (Wildman–Crippen MR) is 103 cm³/mol. The number of hydrogen-bond donors (Lipinski definition) is 0. The van der Waals surface area contributed by atoms with Crippen LogP contribution >= 0.6 is 23.4 Å². The minimum absolute atomic E-state index is 0.306. The van der Waals surface area contributed by atoms with Gasteiger partial charge in [0, 0.05) is 14.8 Å². The van der Waals surface area contributed by atoms with Crippen LogP contribution in [0.1, 0.15) is 16.1 Å². The van der Waals surface area contributed by atoms with Crippen molar-refractivity contribution in [2.24, 2.45) is 0 Å². The zero-order valence-corrected chi connectivity index (χ0v) is 15.8. The Kier molecular flexibility index (Phi) is 4.68. The molecule has 7 heteroatoms. The van der Waals surface area contributed by atoms with Crippen molar-refractivity contribution < 1.29 is 18.7 Å². The molecule has 5 nitrogen and oxygen atoms in total. The van der Waals surface area contributed by atoms with E-state index in [2.05, 4.69) is 0 Å². The van der Waals surface area contributed by atoms with Crippen LogP contribution in [0.25, 0.3) is 0 Å². The van der Waals surface area contributed by atoms with E-state index in [-0.39, 0.29) is 5.91 Å². The van der Waals surface area contributed by atoms with E-state index < -0.39 is 12.6 Å². The minimum Gasteiger partial charge on any atom is -0.469 e. The fourth-order valence-electron chi connectivity index (χ4n) is 2.86. The molecule has 0 fully saturated rings. The maximum absolute atomic E-state index is 13.0. The zero-order valence-electron chi connectivity index (χ0n) is 14.3. The van der Waals surface area contributed by atoms with Crippen LogP contribution in [0.2, 0.25) is 5.02 Å². The van der Waals surface area contributed by atoms with Gasteiger partial charge in [-0.2, -0.15) is 0 Å². The van der Waals surface area contributed by atoms with Gasteiger partial charge in [-0.1, -0.05) is 35.5 Å². The molecule has 0 unspecified atom stereocenters. The van der Waals surface area contributed by atoms with Crippen molar-refractivity contribution in [3.8, 4) is 0 Å². The Hall–Kier alpha value is -2.70. The third kappa shape index (κ3) is 3.34. The number of ether oxygens (including phenoxy) is 1. The minimum atomic E-state index is -0.597. The van der Waals surface area contributed by atoms with E-state index >= 15 is 0 Å². The lowest BCUT2D eigenvalue weighted by Crippen LogP contribution is -2.32. The van der Waals surface area contributed by atoms with Gasteiger partial charge < -0.3 is 9.15 Å². The number of nitrogens with zero attached hydrogens (tertiary/aromatic N) is 1. The first-order chi connectivity index (χ1) is 13.0. The summed E-state index contributed by atoms with van der Waals surface area (Å²) in [7, 11) is 0. The van der Waals surface area contributed by atoms with Gasteiger partial charge in [-0.05, 0) is 43.3 Å². The Labute approximate surface area is 164 Å². The molecule has 1 aromatic heterocycles. The Balaban J connectivity index is 1.62. The molecule has 3 aromatic rings. The quantitative estimate of drug-likeness (QED) is 0.564. The van der Waals surface area contributed by atoms with Gasteiger partial charge in [0.25, 0.3) is 5.91 Å². The summed E-state index contributed by atoms with van der Waals surface area (Å²) in [6, 6.07) is 14.5. The highest BCUT2D eigenvalue weighted by molar-refractivity contribution is 7.99. The number of para-hydroxylation sites is 1. The number of aryl methyl sites for hydroxylation is 1. The lowest BCUT2D eigenvalue weighted by Gasteiger charge is -2.31. The summed E-state index contributed by atoms with van der Waals surface area (Å²) >= 11 is 7.71. The second kappa shape index (κ2) is 7.13. The van der Waals surface area contributed by atoms with Crippen LogP contribution in [0.4, 0.5) is 11.4 Å². The molecule has 0 atom stereocenters. The fourth-order valence-corrected chi connectivity index (χ4v) is 4.07. The van der Waals surface area contributed by atoms with Crippen LogP contribution in [0.3, 0.4) is 0 Å². The smallest absolute Gasteiger partial charge is 0.342 e. The molecule has 136 valence electrons. The van der Waals surface area contributed by atoms with E-state index in [0.717, 1.165) is 15.5 Å². The summed E-state index contributed by atoms with van der Waals surface area (Å²) in [5, 5.41) is 0.526. The number of rotatable bonds is 3. The van der Waals surface area contributed by atoms with Crippen molar-refractivity contribution >= 4 is 46.6 Å². The number of esters is 1. The van der Waals surface area contributed by atoms with Crippen molar-refractivity contribution in [1.82, 2.24) is 0 Å². The normalized spacial score (nSPS) is 12.3. The van der Waals surface area contributed by atoms with E-state index in [4.69, 9.17) is 20.8 Å². The third-order valence-electron chi connectivity index (χ3n) is 4.14. The highest BCUT2D eigenvalue weighted by atomic mass is 35.5. The summed E-state index contributed by atoms with van der Waals surface area (Å²) in [6.45, 7) is 1.27. The van der Waals surface area contributed by atoms with Crippen molar-refractivity contribution in [3.05, 3.63) is 71.1 Å². The first kappa shape index (κ1) is 17.7. The second-order valence-electron chi connectivity index (χ2n) is 5.88. The highest BCUT2D eigenvalue weighted by Gasteiger charge is 2.29. The molecular weight excluding hydrogens is 386 g/mol. The molecule has 0 saturated heterocycles. The predicted octanol–water partition coefficient (Wildman–Crippen LogP) is 5.23. The van der Waals surface area contributed by atoms with Crippen molar-refractivity contribution in [3.63, 3.8) is 0 Å². The molecule has 1 aliphatic rings. The SMILES string of the molecule is Cc1occc1C(=O)OCC(=O)N1c2ccccc2Sc2ccc(Cl)cc21. The van der Waals surface area contributed by atoms with E-state index in [1.807, 2.05) is 30.3 Å². The van der Waals surface area contributed by atoms with Gasteiger partial charge in [-0.25, -0.2) is 4.79 Å². The van der Waals surface area contributed by atoms with Crippen molar-refractivity contribution in [1.29, 1.82) is 0 Å². The number of carbonyl (C=O) groups excluding carboxylic acids is 2. The molecule has 0 aliphatic carbocycles. The van der Waals surface area contributed by atoms with E-state index in [9.17, 15) is 9.59 Å². The number of amides is 1. The van der Waals surface area contributed by atoms with Crippen molar-refractivity contribution in [2.45, 2.75) is 16.7 Å². The molecule has 27 heavy (non-hydrogen) atoms. The van der Waals surface area contributed by atoms with Crippen LogP contribution in [-0.2, 0) is 9.53 Å². The highest BCUT2D eigenvalue weighted by Crippen LogP contribution is 2.48. The number of furan rings is 1. The van der Waals surface area contributed by atoms with Crippen molar-refractivity contribution in [2.75, 3.05) is 11.5 Å². The Morgan fingerprint density at radius 1 is 1.11 bits per heavy atom. The molecule has 0 saturated carbocycles. The molecule has 0 radical (unpaired) electrons. The molecule has 2 heterocycles. The van der Waals surface area contributed by atoms with Gasteiger partial charge in [0.2, 0.25) is 0 Å². The average molecular weight is 400 g/mol. The largest absolute Gasteiger partial charge is 0.469 e. The fraction of sp³-hybridized carbons (Fsp3) is 0.100. The third-order valence-corrected chi connectivity index (χ3v) is 5.51. The topological polar surface area (TPSA) is 59.8 Å². The summed E-state index contributed by atoms with van der Waals surface area (Å²) in [4.78, 5) is 28.5. The maximum Gasteiger partial charge on any atom is 0.342 e. The van der Waals surface area contributed by atoms with Gasteiger partial charge in [-0.3, -0.25) is 9.69 Å². The van der Waals surface area contributed by atoms with Crippen LogP contribution in [0, 0.1) is 6.92 Å². The number of benzene rings is 2. The monoisotopic (exact) mass is 399 g/mol. The Morgan fingerprint density at radius 2 is 1.89 bits per heavy atom. The van der Waals surface area contributed by atoms with Crippen LogP contribution < -0.4 is 4.90 Å². The Bertz CT molecular complexity index is 1050. The standard InChI is InChI=1S/C20H14ClNO4S/c1-12-14(8-9-25-12)20(24)26-11-19(23)22-15-4-2-3-5-17(15)27-18-7-6-13(21)10-16(18)22/h2-10H,11H2,1H3. The number of fused-ring (bicyclic) bond motifs is 2. The summed E-state index contributed by atoms with van der Waals surface area (Å²) in [6.07, 6.45) is 1.41. The van der Waals surface area contributed by atoms with Crippen LogP contribution in [0.5, 0.6) is 0 Å². The summed E-state index contributed by atoms with van der Waals surface area (Å²) < 4.78 is 10.3. The zero-order chi connectivity index (χ0) is 19.0.